The molecule has 1 heterocycles. The molecule has 1 aromatic carbocycles. The Bertz CT molecular complexity index is 847. The van der Waals surface area contributed by atoms with E-state index in [4.69, 9.17) is 0 Å². The van der Waals surface area contributed by atoms with Gasteiger partial charge in [0.1, 0.15) is 5.82 Å². The summed E-state index contributed by atoms with van der Waals surface area (Å²) in [5.74, 6) is 0.794. The summed E-state index contributed by atoms with van der Waals surface area (Å²) < 4.78 is 28.3. The molecule has 2 aromatic rings. The second-order valence-electron chi connectivity index (χ2n) is 7.24. The van der Waals surface area contributed by atoms with Crippen molar-refractivity contribution in [2.24, 2.45) is 0 Å². The molecule has 0 atom stereocenters. The van der Waals surface area contributed by atoms with Gasteiger partial charge in [0.15, 0.2) is 0 Å². The molecular weight excluding hydrogens is 346 g/mol. The van der Waals surface area contributed by atoms with Crippen LogP contribution in [-0.2, 0) is 10.0 Å². The lowest BCUT2D eigenvalue weighted by Gasteiger charge is -2.23. The van der Waals surface area contributed by atoms with Crippen LogP contribution in [0, 0.1) is 20.8 Å². The Hall–Kier alpha value is -2.08. The zero-order valence-corrected chi connectivity index (χ0v) is 16.5. The van der Waals surface area contributed by atoms with E-state index in [2.05, 4.69) is 15.0 Å². The molecule has 5 nitrogen and oxygen atoms in total. The number of pyridine rings is 1. The number of aromatic nitrogens is 1. The average molecular weight is 374 g/mol. The zero-order chi connectivity index (χ0) is 18.7. The molecule has 0 unspecified atom stereocenters. The fourth-order valence-corrected chi connectivity index (χ4v) is 5.29. The van der Waals surface area contributed by atoms with Crippen LogP contribution in [0.5, 0.6) is 0 Å². The van der Waals surface area contributed by atoms with Crippen LogP contribution in [0.4, 0.5) is 11.5 Å². The van der Waals surface area contributed by atoms with E-state index in [-0.39, 0.29) is 0 Å². The molecule has 1 fully saturated rings. The van der Waals surface area contributed by atoms with Crippen molar-refractivity contribution >= 4 is 21.5 Å². The first-order valence-corrected chi connectivity index (χ1v) is 10.7. The van der Waals surface area contributed by atoms with Crippen LogP contribution in [-0.4, -0.2) is 19.4 Å². The second-order valence-corrected chi connectivity index (χ2v) is 8.86. The van der Waals surface area contributed by atoms with E-state index in [1.807, 2.05) is 39.0 Å². The van der Waals surface area contributed by atoms with E-state index < -0.39 is 10.0 Å². The highest BCUT2D eigenvalue weighted by Gasteiger charge is 2.20. The Morgan fingerprint density at radius 2 is 1.65 bits per heavy atom. The Morgan fingerprint density at radius 3 is 2.23 bits per heavy atom. The maximum absolute atomic E-state index is 12.8. The molecule has 6 heteroatoms. The number of sulfonamides is 1. The van der Waals surface area contributed by atoms with E-state index in [0.29, 0.717) is 16.6 Å². The Balaban J connectivity index is 1.74. The number of aryl methyl sites for hydroxylation is 3. The topological polar surface area (TPSA) is 71.1 Å². The van der Waals surface area contributed by atoms with Gasteiger partial charge in [0.05, 0.1) is 16.8 Å². The van der Waals surface area contributed by atoms with Gasteiger partial charge in [-0.3, -0.25) is 4.72 Å². The van der Waals surface area contributed by atoms with Crippen molar-refractivity contribution in [2.45, 2.75) is 63.8 Å². The number of nitrogens with zero attached hydrogens (tertiary/aromatic N) is 1. The minimum Gasteiger partial charge on any atom is -0.367 e. The molecule has 26 heavy (non-hydrogen) atoms. The summed E-state index contributed by atoms with van der Waals surface area (Å²) in [7, 11) is -3.64. The third kappa shape index (κ3) is 4.36. The monoisotopic (exact) mass is 373 g/mol. The third-order valence-electron chi connectivity index (χ3n) is 4.85. The van der Waals surface area contributed by atoms with E-state index in [9.17, 15) is 8.42 Å². The first-order valence-electron chi connectivity index (χ1n) is 9.18. The van der Waals surface area contributed by atoms with Crippen molar-refractivity contribution in [1.29, 1.82) is 0 Å². The summed E-state index contributed by atoms with van der Waals surface area (Å²) in [4.78, 5) is 4.71. The van der Waals surface area contributed by atoms with Gasteiger partial charge in [-0.15, -0.1) is 0 Å². The Labute approximate surface area is 156 Å². The first kappa shape index (κ1) is 18.7. The van der Waals surface area contributed by atoms with Crippen molar-refractivity contribution in [1.82, 2.24) is 4.98 Å². The standard InChI is InChI=1S/C20H27N3O2S/c1-14-11-15(2)20(16(3)12-14)26(24,25)23-18-9-10-19(21-13-18)22-17-7-5-4-6-8-17/h9-13,17,23H,4-8H2,1-3H3,(H,21,22). The van der Waals surface area contributed by atoms with Gasteiger partial charge in [0.25, 0.3) is 10.0 Å². The van der Waals surface area contributed by atoms with Gasteiger partial charge in [-0.2, -0.15) is 0 Å². The van der Waals surface area contributed by atoms with E-state index in [1.54, 1.807) is 12.3 Å². The minimum atomic E-state index is -3.64. The lowest BCUT2D eigenvalue weighted by Crippen LogP contribution is -2.22. The molecule has 0 spiro atoms. The fraction of sp³-hybridized carbons (Fsp3) is 0.450. The van der Waals surface area contributed by atoms with Crippen molar-refractivity contribution in [3.8, 4) is 0 Å². The SMILES string of the molecule is Cc1cc(C)c(S(=O)(=O)Nc2ccc(NC3CCCCC3)nc2)c(C)c1. The maximum Gasteiger partial charge on any atom is 0.262 e. The smallest absolute Gasteiger partial charge is 0.262 e. The third-order valence-corrected chi connectivity index (χ3v) is 6.53. The van der Waals surface area contributed by atoms with Crippen LogP contribution in [0.1, 0.15) is 48.8 Å². The molecule has 3 rings (SSSR count). The van der Waals surface area contributed by atoms with E-state index in [0.717, 1.165) is 22.5 Å². The van der Waals surface area contributed by atoms with Crippen molar-refractivity contribution in [3.63, 3.8) is 0 Å². The van der Waals surface area contributed by atoms with Crippen LogP contribution >= 0.6 is 0 Å². The zero-order valence-electron chi connectivity index (χ0n) is 15.7. The first-order chi connectivity index (χ1) is 12.3. The molecule has 0 amide bonds. The van der Waals surface area contributed by atoms with Crippen LogP contribution in [0.25, 0.3) is 0 Å². The maximum atomic E-state index is 12.8. The Morgan fingerprint density at radius 1 is 1.00 bits per heavy atom. The van der Waals surface area contributed by atoms with Gasteiger partial charge in [0, 0.05) is 6.04 Å². The number of nitrogens with one attached hydrogen (secondary N) is 2. The number of hydrogen-bond donors (Lipinski definition) is 2. The minimum absolute atomic E-state index is 0.340. The van der Waals surface area contributed by atoms with Crippen molar-refractivity contribution < 1.29 is 8.42 Å². The van der Waals surface area contributed by atoms with Crippen LogP contribution in [0.2, 0.25) is 0 Å². The molecule has 1 aliphatic carbocycles. The fourth-order valence-electron chi connectivity index (χ4n) is 3.79. The molecule has 1 saturated carbocycles. The number of anilines is 2. The summed E-state index contributed by atoms with van der Waals surface area (Å²) >= 11 is 0. The quantitative estimate of drug-likeness (QED) is 0.806. The molecule has 140 valence electrons. The molecule has 1 aliphatic rings. The molecule has 0 bridgehead atoms. The summed E-state index contributed by atoms with van der Waals surface area (Å²) in [6.07, 6.45) is 7.73. The summed E-state index contributed by atoms with van der Waals surface area (Å²) in [5, 5.41) is 3.44. The highest BCUT2D eigenvalue weighted by atomic mass is 32.2. The predicted octanol–water partition coefficient (Wildman–Crippen LogP) is 4.55. The normalized spacial score (nSPS) is 15.7. The number of rotatable bonds is 5. The predicted molar refractivity (Wildman–Crippen MR) is 106 cm³/mol. The second kappa shape index (κ2) is 7.66. The highest BCUT2D eigenvalue weighted by Crippen LogP contribution is 2.25. The van der Waals surface area contributed by atoms with Gasteiger partial charge in [0.2, 0.25) is 0 Å². The van der Waals surface area contributed by atoms with E-state index in [1.165, 1.54) is 32.1 Å². The van der Waals surface area contributed by atoms with Crippen molar-refractivity contribution in [3.05, 3.63) is 47.2 Å². The van der Waals surface area contributed by atoms with Crippen LogP contribution in [0.3, 0.4) is 0 Å². The van der Waals surface area contributed by atoms with Gasteiger partial charge in [-0.05, 0) is 56.9 Å². The Kier molecular flexibility index (Phi) is 5.51. The summed E-state index contributed by atoms with van der Waals surface area (Å²) in [6, 6.07) is 7.83. The molecule has 2 N–H and O–H groups in total. The largest absolute Gasteiger partial charge is 0.367 e. The summed E-state index contributed by atoms with van der Waals surface area (Å²) in [5.41, 5.74) is 3.02. The molecular formula is C20H27N3O2S. The summed E-state index contributed by atoms with van der Waals surface area (Å²) in [6.45, 7) is 5.61. The van der Waals surface area contributed by atoms with Crippen molar-refractivity contribution in [2.75, 3.05) is 10.0 Å². The lowest BCUT2D eigenvalue weighted by molar-refractivity contribution is 0.462. The van der Waals surface area contributed by atoms with Gasteiger partial charge in [-0.1, -0.05) is 37.0 Å². The van der Waals surface area contributed by atoms with Crippen LogP contribution in [0.15, 0.2) is 35.4 Å². The number of hydrogen-bond acceptors (Lipinski definition) is 4. The van der Waals surface area contributed by atoms with Gasteiger partial charge < -0.3 is 5.32 Å². The lowest BCUT2D eigenvalue weighted by atomic mass is 9.95. The molecule has 0 saturated heterocycles. The van der Waals surface area contributed by atoms with Gasteiger partial charge in [-0.25, -0.2) is 13.4 Å². The highest BCUT2D eigenvalue weighted by molar-refractivity contribution is 7.92. The van der Waals surface area contributed by atoms with Gasteiger partial charge >= 0.3 is 0 Å². The number of benzene rings is 1. The van der Waals surface area contributed by atoms with E-state index >= 15 is 0 Å². The molecule has 0 aliphatic heterocycles. The molecule has 1 aromatic heterocycles. The average Bonchev–Trinajstić information content (AvgIpc) is 2.56. The van der Waals surface area contributed by atoms with Crippen LogP contribution < -0.4 is 10.0 Å². The molecule has 0 radical (unpaired) electrons.